The van der Waals surface area contributed by atoms with Crippen LogP contribution < -0.4 is 15.0 Å². The molecule has 1 heterocycles. The van der Waals surface area contributed by atoms with Crippen LogP contribution in [0.25, 0.3) is 0 Å². The predicted molar refractivity (Wildman–Crippen MR) is 102 cm³/mol. The van der Waals surface area contributed by atoms with E-state index in [1.807, 2.05) is 0 Å². The molecular weight excluding hydrogens is 296 g/mol. The fraction of sp³-hybridized carbons (Fsp3) is 0.714. The number of methoxy groups -OCH3 is 1. The minimum absolute atomic E-state index is 0.410. The number of rotatable bonds is 3. The molecule has 2 fully saturated rings. The predicted octanol–water partition coefficient (Wildman–Crippen LogP) is 4.42. The maximum Gasteiger partial charge on any atom is 0.120 e. The summed E-state index contributed by atoms with van der Waals surface area (Å²) in [6.07, 6.45) is 3.87. The highest BCUT2D eigenvalue weighted by atomic mass is 16.5. The van der Waals surface area contributed by atoms with E-state index in [0.717, 1.165) is 31.9 Å². The van der Waals surface area contributed by atoms with Crippen LogP contribution >= 0.6 is 0 Å². The van der Waals surface area contributed by atoms with Crippen molar-refractivity contribution < 1.29 is 4.74 Å². The number of anilines is 1. The zero-order valence-corrected chi connectivity index (χ0v) is 16.1. The van der Waals surface area contributed by atoms with Gasteiger partial charge in [-0.3, -0.25) is 0 Å². The van der Waals surface area contributed by atoms with Gasteiger partial charge in [0.25, 0.3) is 0 Å². The van der Waals surface area contributed by atoms with Crippen LogP contribution in [0.4, 0.5) is 5.69 Å². The zero-order chi connectivity index (χ0) is 17.4. The Morgan fingerprint density at radius 2 is 1.67 bits per heavy atom. The van der Waals surface area contributed by atoms with E-state index >= 15 is 0 Å². The van der Waals surface area contributed by atoms with Gasteiger partial charge in [0.05, 0.1) is 7.11 Å². The van der Waals surface area contributed by atoms with Gasteiger partial charge in [-0.15, -0.1) is 0 Å². The van der Waals surface area contributed by atoms with Gasteiger partial charge < -0.3 is 15.0 Å². The summed E-state index contributed by atoms with van der Waals surface area (Å²) in [5, 5.41) is 3.47. The van der Waals surface area contributed by atoms with Gasteiger partial charge in [0.15, 0.2) is 0 Å². The van der Waals surface area contributed by atoms with Crippen molar-refractivity contribution in [1.29, 1.82) is 0 Å². The summed E-state index contributed by atoms with van der Waals surface area (Å²) in [5.74, 6) is 1.61. The normalized spacial score (nSPS) is 24.0. The lowest BCUT2D eigenvalue weighted by Gasteiger charge is -2.46. The first-order chi connectivity index (χ1) is 11.3. The van der Waals surface area contributed by atoms with E-state index in [1.54, 1.807) is 7.11 Å². The fourth-order valence-corrected chi connectivity index (χ4v) is 5.24. The first kappa shape index (κ1) is 17.6. The summed E-state index contributed by atoms with van der Waals surface area (Å²) in [6, 6.07) is 6.74. The lowest BCUT2D eigenvalue weighted by atomic mass is 9.60. The molecule has 1 N–H and O–H groups in total. The summed E-state index contributed by atoms with van der Waals surface area (Å²) < 4.78 is 5.53. The third-order valence-corrected chi connectivity index (χ3v) is 5.69. The SMILES string of the molecule is COc1ccc(C2CC(C)(C)CC(C)(C)C2)c(N2CCNCC2)c1. The summed E-state index contributed by atoms with van der Waals surface area (Å²) in [5.41, 5.74) is 3.74. The number of piperazine rings is 1. The summed E-state index contributed by atoms with van der Waals surface area (Å²) in [6.45, 7) is 14.1. The van der Waals surface area contributed by atoms with Crippen molar-refractivity contribution in [1.82, 2.24) is 5.32 Å². The van der Waals surface area contributed by atoms with Crippen LogP contribution in [0.2, 0.25) is 0 Å². The van der Waals surface area contributed by atoms with Gasteiger partial charge in [-0.1, -0.05) is 33.8 Å². The molecule has 3 rings (SSSR count). The molecule has 3 nitrogen and oxygen atoms in total. The highest BCUT2D eigenvalue weighted by molar-refractivity contribution is 5.59. The second kappa shape index (κ2) is 6.59. The number of ether oxygens (including phenoxy) is 1. The van der Waals surface area contributed by atoms with Gasteiger partial charge in [0, 0.05) is 37.9 Å². The largest absolute Gasteiger partial charge is 0.497 e. The van der Waals surface area contributed by atoms with Crippen LogP contribution in [-0.2, 0) is 0 Å². The molecule has 0 unspecified atom stereocenters. The molecule has 0 amide bonds. The lowest BCUT2D eigenvalue weighted by molar-refractivity contribution is 0.0970. The van der Waals surface area contributed by atoms with Gasteiger partial charge in [-0.05, 0) is 47.6 Å². The minimum Gasteiger partial charge on any atom is -0.497 e. The fourth-order valence-electron chi connectivity index (χ4n) is 5.24. The molecule has 3 heteroatoms. The van der Waals surface area contributed by atoms with Crippen LogP contribution in [0.1, 0.15) is 58.4 Å². The first-order valence-corrected chi connectivity index (χ1v) is 9.43. The standard InChI is InChI=1S/C21H34N2O/c1-20(2)13-16(14-21(3,4)15-20)18-7-6-17(24-5)12-19(18)23-10-8-22-9-11-23/h6-7,12,16,22H,8-11,13-15H2,1-5H3. The van der Waals surface area contributed by atoms with E-state index in [0.29, 0.717) is 16.7 Å². The molecule has 0 aromatic heterocycles. The number of benzene rings is 1. The second-order valence-electron chi connectivity index (χ2n) is 9.27. The molecule has 1 saturated carbocycles. The Hall–Kier alpha value is -1.22. The maximum atomic E-state index is 5.53. The second-order valence-corrected chi connectivity index (χ2v) is 9.27. The molecule has 1 aliphatic heterocycles. The molecule has 1 aromatic carbocycles. The Balaban J connectivity index is 1.96. The van der Waals surface area contributed by atoms with Gasteiger partial charge in [0.1, 0.15) is 5.75 Å². The van der Waals surface area contributed by atoms with E-state index in [4.69, 9.17) is 4.74 Å². The average molecular weight is 331 g/mol. The quantitative estimate of drug-likeness (QED) is 0.887. The van der Waals surface area contributed by atoms with E-state index in [2.05, 4.69) is 56.1 Å². The van der Waals surface area contributed by atoms with E-state index in [1.165, 1.54) is 30.5 Å². The minimum atomic E-state index is 0.410. The number of nitrogens with zero attached hydrogens (tertiary/aromatic N) is 1. The number of nitrogens with one attached hydrogen (secondary N) is 1. The van der Waals surface area contributed by atoms with Gasteiger partial charge in [-0.25, -0.2) is 0 Å². The molecule has 0 spiro atoms. The van der Waals surface area contributed by atoms with Crippen LogP contribution in [0.15, 0.2) is 18.2 Å². The summed E-state index contributed by atoms with van der Waals surface area (Å²) >= 11 is 0. The Kier molecular flexibility index (Phi) is 4.83. The molecule has 2 aliphatic rings. The zero-order valence-electron chi connectivity index (χ0n) is 16.1. The van der Waals surface area contributed by atoms with E-state index < -0.39 is 0 Å². The third kappa shape index (κ3) is 3.88. The van der Waals surface area contributed by atoms with Gasteiger partial charge >= 0.3 is 0 Å². The summed E-state index contributed by atoms with van der Waals surface area (Å²) in [7, 11) is 1.77. The molecule has 24 heavy (non-hydrogen) atoms. The molecule has 1 aromatic rings. The maximum absolute atomic E-state index is 5.53. The molecule has 1 aliphatic carbocycles. The lowest BCUT2D eigenvalue weighted by Crippen LogP contribution is -2.44. The van der Waals surface area contributed by atoms with Crippen LogP contribution in [-0.4, -0.2) is 33.3 Å². The van der Waals surface area contributed by atoms with Crippen molar-refractivity contribution in [3.8, 4) is 5.75 Å². The average Bonchev–Trinajstić information content (AvgIpc) is 2.52. The molecule has 0 bridgehead atoms. The van der Waals surface area contributed by atoms with Crippen molar-refractivity contribution in [2.75, 3.05) is 38.2 Å². The van der Waals surface area contributed by atoms with E-state index in [-0.39, 0.29) is 0 Å². The van der Waals surface area contributed by atoms with Gasteiger partial charge in [-0.2, -0.15) is 0 Å². The van der Waals surface area contributed by atoms with Gasteiger partial charge in [0.2, 0.25) is 0 Å². The molecular formula is C21H34N2O. The Bertz CT molecular complexity index is 557. The van der Waals surface area contributed by atoms with E-state index in [9.17, 15) is 0 Å². The third-order valence-electron chi connectivity index (χ3n) is 5.69. The number of hydrogen-bond acceptors (Lipinski definition) is 3. The monoisotopic (exact) mass is 330 g/mol. The highest BCUT2D eigenvalue weighted by Gasteiger charge is 2.39. The molecule has 134 valence electrons. The summed E-state index contributed by atoms with van der Waals surface area (Å²) in [4.78, 5) is 2.54. The van der Waals surface area contributed by atoms with Crippen molar-refractivity contribution in [2.45, 2.75) is 52.9 Å². The number of hydrogen-bond donors (Lipinski definition) is 1. The van der Waals surface area contributed by atoms with Crippen LogP contribution in [0.5, 0.6) is 5.75 Å². The van der Waals surface area contributed by atoms with Crippen molar-refractivity contribution in [3.63, 3.8) is 0 Å². The molecule has 0 atom stereocenters. The van der Waals surface area contributed by atoms with Crippen molar-refractivity contribution in [2.24, 2.45) is 10.8 Å². The van der Waals surface area contributed by atoms with Crippen molar-refractivity contribution >= 4 is 5.69 Å². The Labute approximate surface area is 147 Å². The first-order valence-electron chi connectivity index (χ1n) is 9.43. The molecule has 1 saturated heterocycles. The Morgan fingerprint density at radius 1 is 1.04 bits per heavy atom. The van der Waals surface area contributed by atoms with Crippen LogP contribution in [0.3, 0.4) is 0 Å². The highest BCUT2D eigenvalue weighted by Crippen LogP contribution is 2.53. The molecule has 0 radical (unpaired) electrons. The smallest absolute Gasteiger partial charge is 0.120 e. The van der Waals surface area contributed by atoms with Crippen LogP contribution in [0, 0.1) is 10.8 Å². The van der Waals surface area contributed by atoms with Crippen molar-refractivity contribution in [3.05, 3.63) is 23.8 Å². The topological polar surface area (TPSA) is 24.5 Å². The Morgan fingerprint density at radius 3 is 2.25 bits per heavy atom.